The molecule has 0 amide bonds. The lowest BCUT2D eigenvalue weighted by Gasteiger charge is -2.08. The van der Waals surface area contributed by atoms with Crippen LogP contribution in [0.1, 0.15) is 0 Å². The van der Waals surface area contributed by atoms with E-state index in [4.69, 9.17) is 0 Å². The third-order valence-corrected chi connectivity index (χ3v) is 3.70. The van der Waals surface area contributed by atoms with Crippen LogP contribution in [-0.2, 0) is 10.1 Å². The van der Waals surface area contributed by atoms with Crippen LogP contribution in [0, 0.1) is 0 Å². The monoisotopic (exact) mass is 311 g/mol. The first-order valence-electron chi connectivity index (χ1n) is 4.79. The summed E-state index contributed by atoms with van der Waals surface area (Å²) in [6.07, 6.45) is 0. The maximum atomic E-state index is 10.8. The molecule has 88 valence electrons. The van der Waals surface area contributed by atoms with E-state index in [2.05, 4.69) is 15.9 Å². The molecule has 17 heavy (non-hydrogen) atoms. The quantitative estimate of drug-likeness (QED) is 0.801. The number of hydrogen-bond acceptors (Lipinski definition) is 3. The molecule has 5 heteroatoms. The predicted molar refractivity (Wildman–Crippen MR) is 67.5 cm³/mol. The Morgan fingerprint density at radius 3 is 1.65 bits per heavy atom. The summed E-state index contributed by atoms with van der Waals surface area (Å²) in [4.78, 5) is -0.210. The lowest BCUT2D eigenvalue weighted by molar-refractivity contribution is 0.463. The SMILES string of the molecule is O=S(=O)([O-])c1ccc(-c2ccc(Br)cc2)cc1. The van der Waals surface area contributed by atoms with Gasteiger partial charge in [0.15, 0.2) is 0 Å². The second kappa shape index (κ2) is 4.60. The van der Waals surface area contributed by atoms with Crippen molar-refractivity contribution < 1.29 is 13.0 Å². The topological polar surface area (TPSA) is 57.2 Å². The number of halogens is 1. The summed E-state index contributed by atoms with van der Waals surface area (Å²) < 4.78 is 33.3. The van der Waals surface area contributed by atoms with Crippen LogP contribution in [0.2, 0.25) is 0 Å². The van der Waals surface area contributed by atoms with E-state index in [1.165, 1.54) is 12.1 Å². The first-order valence-corrected chi connectivity index (χ1v) is 6.99. The Hall–Kier alpha value is -1.17. The van der Waals surface area contributed by atoms with Crippen LogP contribution in [0.4, 0.5) is 0 Å². The van der Waals surface area contributed by atoms with Gasteiger partial charge in [-0.15, -0.1) is 0 Å². The molecular weight excluding hydrogens is 304 g/mol. The van der Waals surface area contributed by atoms with Crippen molar-refractivity contribution in [1.82, 2.24) is 0 Å². The van der Waals surface area contributed by atoms with E-state index in [1.54, 1.807) is 12.1 Å². The summed E-state index contributed by atoms with van der Waals surface area (Å²) in [5, 5.41) is 0. The molecule has 0 aliphatic heterocycles. The van der Waals surface area contributed by atoms with Crippen LogP contribution in [0.15, 0.2) is 57.9 Å². The van der Waals surface area contributed by atoms with Gasteiger partial charge in [0.05, 0.1) is 4.90 Å². The lowest BCUT2D eigenvalue weighted by atomic mass is 10.1. The predicted octanol–water partition coefficient (Wildman–Crippen LogP) is 3.02. The third kappa shape index (κ3) is 2.94. The Labute approximate surface area is 108 Å². The third-order valence-electron chi connectivity index (χ3n) is 2.32. The molecule has 0 aliphatic carbocycles. The molecule has 0 atom stereocenters. The van der Waals surface area contributed by atoms with E-state index in [0.29, 0.717) is 0 Å². The standard InChI is InChI=1S/C12H9BrO3S/c13-11-5-1-9(2-6-11)10-3-7-12(8-4-10)17(14,15)16/h1-8H,(H,14,15,16)/p-1. The van der Waals surface area contributed by atoms with Crippen molar-refractivity contribution in [3.63, 3.8) is 0 Å². The van der Waals surface area contributed by atoms with E-state index in [0.717, 1.165) is 15.6 Å². The molecule has 3 nitrogen and oxygen atoms in total. The Morgan fingerprint density at radius 2 is 1.24 bits per heavy atom. The molecule has 0 N–H and O–H groups in total. The molecule has 0 aliphatic rings. The van der Waals surface area contributed by atoms with E-state index in [-0.39, 0.29) is 4.90 Å². The molecular formula is C12H8BrO3S-. The van der Waals surface area contributed by atoms with E-state index >= 15 is 0 Å². The normalized spacial score (nSPS) is 11.4. The molecule has 0 saturated carbocycles. The Balaban J connectivity index is 2.39. The molecule has 0 fully saturated rings. The van der Waals surface area contributed by atoms with Crippen molar-refractivity contribution >= 4 is 26.0 Å². The fourth-order valence-electron chi connectivity index (χ4n) is 1.46. The molecule has 0 bridgehead atoms. The number of rotatable bonds is 2. The zero-order valence-corrected chi connectivity index (χ0v) is 11.0. The van der Waals surface area contributed by atoms with Crippen molar-refractivity contribution in [2.45, 2.75) is 4.90 Å². The molecule has 0 heterocycles. The molecule has 0 radical (unpaired) electrons. The van der Waals surface area contributed by atoms with Crippen molar-refractivity contribution in [2.24, 2.45) is 0 Å². The average molecular weight is 312 g/mol. The van der Waals surface area contributed by atoms with Crippen molar-refractivity contribution in [3.8, 4) is 11.1 Å². The zero-order chi connectivity index (χ0) is 12.5. The van der Waals surface area contributed by atoms with Gasteiger partial charge in [-0.05, 0) is 35.4 Å². The van der Waals surface area contributed by atoms with Gasteiger partial charge in [-0.1, -0.05) is 40.2 Å². The van der Waals surface area contributed by atoms with Crippen LogP contribution in [0.5, 0.6) is 0 Å². The Morgan fingerprint density at radius 1 is 0.824 bits per heavy atom. The number of hydrogen-bond donors (Lipinski definition) is 0. The summed E-state index contributed by atoms with van der Waals surface area (Å²) in [6.45, 7) is 0. The molecule has 0 saturated heterocycles. The second-order valence-corrected chi connectivity index (χ2v) is 5.78. The first-order chi connectivity index (χ1) is 7.97. The van der Waals surface area contributed by atoms with Crippen molar-refractivity contribution in [2.75, 3.05) is 0 Å². The fraction of sp³-hybridized carbons (Fsp3) is 0. The Bertz CT molecular complexity index is 616. The van der Waals surface area contributed by atoms with Crippen LogP contribution >= 0.6 is 15.9 Å². The average Bonchev–Trinajstić information content (AvgIpc) is 2.29. The molecule has 2 rings (SSSR count). The maximum Gasteiger partial charge on any atom is 0.124 e. The summed E-state index contributed by atoms with van der Waals surface area (Å²) in [5.74, 6) is 0. The summed E-state index contributed by atoms with van der Waals surface area (Å²) >= 11 is 3.34. The maximum absolute atomic E-state index is 10.8. The van der Waals surface area contributed by atoms with E-state index in [1.807, 2.05) is 24.3 Å². The van der Waals surface area contributed by atoms with Gasteiger partial charge < -0.3 is 4.55 Å². The molecule has 2 aromatic carbocycles. The highest BCUT2D eigenvalue weighted by atomic mass is 79.9. The largest absolute Gasteiger partial charge is 0.744 e. The van der Waals surface area contributed by atoms with Crippen LogP contribution in [0.25, 0.3) is 11.1 Å². The summed E-state index contributed by atoms with van der Waals surface area (Å²) in [6, 6.07) is 13.5. The molecule has 0 unspecified atom stereocenters. The summed E-state index contributed by atoms with van der Waals surface area (Å²) in [5.41, 5.74) is 1.83. The molecule has 0 aromatic heterocycles. The second-order valence-electron chi connectivity index (χ2n) is 3.49. The van der Waals surface area contributed by atoms with Gasteiger partial charge in [0.1, 0.15) is 10.1 Å². The van der Waals surface area contributed by atoms with Gasteiger partial charge >= 0.3 is 0 Å². The minimum absolute atomic E-state index is 0.210. The lowest BCUT2D eigenvalue weighted by Crippen LogP contribution is -1.97. The smallest absolute Gasteiger partial charge is 0.124 e. The summed E-state index contributed by atoms with van der Waals surface area (Å²) in [7, 11) is -4.37. The Kier molecular flexibility index (Phi) is 3.33. The van der Waals surface area contributed by atoms with Gasteiger partial charge in [-0.2, -0.15) is 0 Å². The van der Waals surface area contributed by atoms with E-state index < -0.39 is 10.1 Å². The van der Waals surface area contributed by atoms with Gasteiger partial charge in [-0.3, -0.25) is 0 Å². The van der Waals surface area contributed by atoms with Gasteiger partial charge in [0, 0.05) is 4.47 Å². The van der Waals surface area contributed by atoms with Crippen molar-refractivity contribution in [3.05, 3.63) is 53.0 Å². The molecule has 0 spiro atoms. The van der Waals surface area contributed by atoms with E-state index in [9.17, 15) is 13.0 Å². The number of benzene rings is 2. The first kappa shape index (κ1) is 12.3. The van der Waals surface area contributed by atoms with Gasteiger partial charge in [0.2, 0.25) is 0 Å². The molecule has 2 aromatic rings. The van der Waals surface area contributed by atoms with Gasteiger partial charge in [-0.25, -0.2) is 8.42 Å². The minimum Gasteiger partial charge on any atom is -0.744 e. The van der Waals surface area contributed by atoms with Crippen LogP contribution in [0.3, 0.4) is 0 Å². The minimum atomic E-state index is -4.37. The van der Waals surface area contributed by atoms with Crippen LogP contribution in [-0.4, -0.2) is 13.0 Å². The highest BCUT2D eigenvalue weighted by Gasteiger charge is 2.02. The fourth-order valence-corrected chi connectivity index (χ4v) is 2.19. The highest BCUT2D eigenvalue weighted by molar-refractivity contribution is 9.10. The van der Waals surface area contributed by atoms with Gasteiger partial charge in [0.25, 0.3) is 0 Å². The van der Waals surface area contributed by atoms with Crippen LogP contribution < -0.4 is 0 Å². The van der Waals surface area contributed by atoms with Crippen molar-refractivity contribution in [1.29, 1.82) is 0 Å². The highest BCUT2D eigenvalue weighted by Crippen LogP contribution is 2.23. The zero-order valence-electron chi connectivity index (χ0n) is 8.63.